The largest absolute Gasteiger partial charge is 0.411 e. The van der Waals surface area contributed by atoms with E-state index in [-0.39, 0.29) is 0 Å². The molecule has 2 aromatic carbocycles. The second-order valence-electron chi connectivity index (χ2n) is 6.60. The van der Waals surface area contributed by atoms with Crippen molar-refractivity contribution in [1.29, 1.82) is 0 Å². The summed E-state index contributed by atoms with van der Waals surface area (Å²) in [4.78, 5) is 9.27. The summed E-state index contributed by atoms with van der Waals surface area (Å²) in [6.07, 6.45) is 0. The van der Waals surface area contributed by atoms with Gasteiger partial charge in [0.05, 0.1) is 27.5 Å². The third-order valence-corrected chi connectivity index (χ3v) is 6.43. The minimum absolute atomic E-state index is 0.473. The molecule has 0 unspecified atom stereocenters. The molecule has 5 rings (SSSR count). The van der Waals surface area contributed by atoms with Crippen LogP contribution in [0, 0.1) is 6.92 Å². The molecule has 0 aliphatic carbocycles. The van der Waals surface area contributed by atoms with E-state index in [9.17, 15) is 0 Å². The van der Waals surface area contributed by atoms with Crippen molar-refractivity contribution in [3.8, 4) is 22.7 Å². The summed E-state index contributed by atoms with van der Waals surface area (Å²) in [5.74, 6) is 1.17. The van der Waals surface area contributed by atoms with Crippen molar-refractivity contribution in [2.75, 3.05) is 0 Å². The number of nitrogens with zero attached hydrogens (tertiary/aromatic N) is 4. The molecule has 30 heavy (non-hydrogen) atoms. The maximum Gasteiger partial charge on any atom is 0.277 e. The van der Waals surface area contributed by atoms with Gasteiger partial charge in [-0.25, -0.2) is 9.97 Å². The van der Waals surface area contributed by atoms with Crippen molar-refractivity contribution in [2.24, 2.45) is 0 Å². The van der Waals surface area contributed by atoms with Crippen LogP contribution in [0.25, 0.3) is 33.6 Å². The number of hydrogen-bond donors (Lipinski definition) is 0. The molecule has 8 heteroatoms. The van der Waals surface area contributed by atoms with Crippen LogP contribution in [0.1, 0.15) is 10.7 Å². The standard InChI is InChI=1S/C22H15ClN4OS2/c1-13-24-16(11-29-13)12-30-22-27-26-21(28-22)18-10-20(14-6-8-15(23)9-7-14)25-19-5-3-2-4-17(18)19/h2-11H,12H2,1H3. The molecule has 0 amide bonds. The number of pyridine rings is 1. The number of rotatable bonds is 5. The van der Waals surface area contributed by atoms with Crippen LogP contribution in [-0.4, -0.2) is 20.2 Å². The maximum absolute atomic E-state index is 6.04. The van der Waals surface area contributed by atoms with E-state index in [1.54, 1.807) is 11.3 Å². The van der Waals surface area contributed by atoms with Gasteiger partial charge in [0, 0.05) is 27.1 Å². The zero-order chi connectivity index (χ0) is 20.5. The fourth-order valence-electron chi connectivity index (χ4n) is 3.11. The number of halogens is 1. The maximum atomic E-state index is 6.04. The summed E-state index contributed by atoms with van der Waals surface area (Å²) in [7, 11) is 0. The number of aromatic nitrogens is 4. The highest BCUT2D eigenvalue weighted by atomic mass is 35.5. The van der Waals surface area contributed by atoms with E-state index in [0.717, 1.165) is 38.4 Å². The Morgan fingerprint density at radius 3 is 2.67 bits per heavy atom. The minimum Gasteiger partial charge on any atom is -0.411 e. The van der Waals surface area contributed by atoms with E-state index in [2.05, 4.69) is 15.2 Å². The lowest BCUT2D eigenvalue weighted by molar-refractivity contribution is 0.466. The molecule has 0 N–H and O–H groups in total. The van der Waals surface area contributed by atoms with Crippen LogP contribution in [0.15, 0.2) is 69.6 Å². The lowest BCUT2D eigenvalue weighted by Gasteiger charge is -2.07. The van der Waals surface area contributed by atoms with Gasteiger partial charge in [-0.1, -0.05) is 53.7 Å². The number of thioether (sulfide) groups is 1. The highest BCUT2D eigenvalue weighted by Gasteiger charge is 2.15. The topological polar surface area (TPSA) is 64.7 Å². The molecular weight excluding hydrogens is 436 g/mol. The fraction of sp³-hybridized carbons (Fsp3) is 0.0909. The molecule has 0 aliphatic rings. The van der Waals surface area contributed by atoms with Gasteiger partial charge in [0.15, 0.2) is 0 Å². The lowest BCUT2D eigenvalue weighted by Crippen LogP contribution is -1.90. The molecule has 5 nitrogen and oxygen atoms in total. The summed E-state index contributed by atoms with van der Waals surface area (Å²) < 4.78 is 5.98. The van der Waals surface area contributed by atoms with Crippen LogP contribution in [0.5, 0.6) is 0 Å². The van der Waals surface area contributed by atoms with Crippen LogP contribution >= 0.6 is 34.7 Å². The zero-order valence-corrected chi connectivity index (χ0v) is 18.3. The summed E-state index contributed by atoms with van der Waals surface area (Å²) in [6.45, 7) is 2.00. The summed E-state index contributed by atoms with van der Waals surface area (Å²) in [6, 6.07) is 17.5. The first-order valence-electron chi connectivity index (χ1n) is 9.19. The van der Waals surface area contributed by atoms with Gasteiger partial charge >= 0.3 is 0 Å². The van der Waals surface area contributed by atoms with Crippen molar-refractivity contribution < 1.29 is 4.42 Å². The van der Waals surface area contributed by atoms with E-state index >= 15 is 0 Å². The molecule has 148 valence electrons. The number of benzene rings is 2. The molecule has 0 saturated heterocycles. The predicted molar refractivity (Wildman–Crippen MR) is 122 cm³/mol. The first kappa shape index (κ1) is 19.2. The van der Waals surface area contributed by atoms with Crippen LogP contribution < -0.4 is 0 Å². The van der Waals surface area contributed by atoms with E-state index < -0.39 is 0 Å². The van der Waals surface area contributed by atoms with Crippen molar-refractivity contribution in [1.82, 2.24) is 20.2 Å². The number of hydrogen-bond acceptors (Lipinski definition) is 7. The molecular formula is C22H15ClN4OS2. The highest BCUT2D eigenvalue weighted by molar-refractivity contribution is 7.98. The average Bonchev–Trinajstić information content (AvgIpc) is 3.41. The van der Waals surface area contributed by atoms with Crippen LogP contribution in [-0.2, 0) is 5.75 Å². The van der Waals surface area contributed by atoms with E-state index in [1.165, 1.54) is 11.8 Å². The van der Waals surface area contributed by atoms with Crippen LogP contribution in [0.4, 0.5) is 0 Å². The van der Waals surface area contributed by atoms with E-state index in [0.29, 0.717) is 21.9 Å². The lowest BCUT2D eigenvalue weighted by atomic mass is 10.0. The SMILES string of the molecule is Cc1nc(CSc2nnc(-c3cc(-c4ccc(Cl)cc4)nc4ccccc34)o2)cs1. The normalized spacial score (nSPS) is 11.3. The molecule has 0 atom stereocenters. The molecule has 0 spiro atoms. The molecule has 5 aromatic rings. The second-order valence-corrected chi connectivity index (χ2v) is 9.02. The van der Waals surface area contributed by atoms with Gasteiger partial charge in [-0.15, -0.1) is 21.5 Å². The Kier molecular flexibility index (Phi) is 5.25. The summed E-state index contributed by atoms with van der Waals surface area (Å²) in [5, 5.41) is 13.8. The van der Waals surface area contributed by atoms with Gasteiger partial charge < -0.3 is 4.42 Å². The number of fused-ring (bicyclic) bond motifs is 1. The highest BCUT2D eigenvalue weighted by Crippen LogP contribution is 2.33. The molecule has 3 heterocycles. The molecule has 3 aromatic heterocycles. The smallest absolute Gasteiger partial charge is 0.277 e. The average molecular weight is 451 g/mol. The number of para-hydroxylation sites is 1. The van der Waals surface area contributed by atoms with E-state index in [1.807, 2.05) is 66.9 Å². The van der Waals surface area contributed by atoms with Gasteiger partial charge in [-0.2, -0.15) is 0 Å². The monoisotopic (exact) mass is 450 g/mol. The number of thiazole rings is 1. The molecule has 0 aliphatic heterocycles. The third-order valence-electron chi connectivity index (χ3n) is 4.50. The van der Waals surface area contributed by atoms with Crippen molar-refractivity contribution in [3.63, 3.8) is 0 Å². The second kappa shape index (κ2) is 8.18. The van der Waals surface area contributed by atoms with Gasteiger partial charge in [-0.05, 0) is 31.2 Å². The minimum atomic E-state index is 0.473. The third kappa shape index (κ3) is 3.96. The van der Waals surface area contributed by atoms with Crippen LogP contribution in [0.3, 0.4) is 0 Å². The Morgan fingerprint density at radius 2 is 1.87 bits per heavy atom. The van der Waals surface area contributed by atoms with E-state index in [4.69, 9.17) is 21.0 Å². The van der Waals surface area contributed by atoms with Gasteiger partial charge in [0.1, 0.15) is 0 Å². The molecule has 0 fully saturated rings. The van der Waals surface area contributed by atoms with Gasteiger partial charge in [0.25, 0.3) is 5.22 Å². The van der Waals surface area contributed by atoms with Gasteiger partial charge in [-0.3, -0.25) is 0 Å². The Morgan fingerprint density at radius 1 is 1.03 bits per heavy atom. The first-order chi connectivity index (χ1) is 14.7. The van der Waals surface area contributed by atoms with Crippen molar-refractivity contribution in [3.05, 3.63) is 75.7 Å². The molecule has 0 bridgehead atoms. The Bertz CT molecular complexity index is 1330. The molecule has 0 radical (unpaired) electrons. The fourth-order valence-corrected chi connectivity index (χ4v) is 4.61. The van der Waals surface area contributed by atoms with Crippen LogP contribution in [0.2, 0.25) is 5.02 Å². The first-order valence-corrected chi connectivity index (χ1v) is 11.4. The molecule has 0 saturated carbocycles. The van der Waals surface area contributed by atoms with Crippen molar-refractivity contribution in [2.45, 2.75) is 17.9 Å². The van der Waals surface area contributed by atoms with Crippen molar-refractivity contribution >= 4 is 45.6 Å². The summed E-state index contributed by atoms with van der Waals surface area (Å²) >= 11 is 9.16. The quantitative estimate of drug-likeness (QED) is 0.279. The Labute approximate surface area is 186 Å². The summed E-state index contributed by atoms with van der Waals surface area (Å²) in [5.41, 5.74) is 4.53. The Hall–Kier alpha value is -2.74. The van der Waals surface area contributed by atoms with Gasteiger partial charge in [0.2, 0.25) is 5.89 Å². The number of aryl methyl sites for hydroxylation is 1. The zero-order valence-electron chi connectivity index (χ0n) is 15.9. The predicted octanol–water partition coefficient (Wildman–Crippen LogP) is 6.66. The Balaban J connectivity index is 1.51.